The van der Waals surface area contributed by atoms with Crippen LogP contribution in [0.1, 0.15) is 68.2 Å². The third kappa shape index (κ3) is 2.86. The SMILES string of the molecule is CC1CC(C)(C)N(C)C(C)(C)CC(C)(C)C1C. The Balaban J connectivity index is 3.12. The Morgan fingerprint density at radius 1 is 0.882 bits per heavy atom. The van der Waals surface area contributed by atoms with Crippen LogP contribution in [-0.4, -0.2) is 23.0 Å². The minimum absolute atomic E-state index is 0.279. The molecule has 0 saturated carbocycles. The van der Waals surface area contributed by atoms with Crippen LogP contribution in [0.15, 0.2) is 0 Å². The van der Waals surface area contributed by atoms with Crippen LogP contribution in [0.4, 0.5) is 0 Å². The molecule has 1 aliphatic heterocycles. The number of hydrogen-bond donors (Lipinski definition) is 0. The third-order valence-electron chi connectivity index (χ3n) is 5.61. The molecule has 0 N–H and O–H groups in total. The summed E-state index contributed by atoms with van der Waals surface area (Å²) in [4.78, 5) is 2.60. The van der Waals surface area contributed by atoms with Crippen molar-refractivity contribution in [3.05, 3.63) is 0 Å². The van der Waals surface area contributed by atoms with Crippen molar-refractivity contribution in [2.75, 3.05) is 7.05 Å². The molecule has 1 fully saturated rings. The van der Waals surface area contributed by atoms with Gasteiger partial charge < -0.3 is 0 Å². The zero-order valence-electron chi connectivity index (χ0n) is 13.5. The second-order valence-electron chi connectivity index (χ2n) is 8.32. The molecule has 0 aliphatic carbocycles. The highest BCUT2D eigenvalue weighted by atomic mass is 15.2. The number of nitrogens with zero attached hydrogens (tertiary/aromatic N) is 1. The summed E-state index contributed by atoms with van der Waals surface area (Å²) in [6.45, 7) is 19.4. The van der Waals surface area contributed by atoms with E-state index in [1.807, 2.05) is 0 Å². The molecule has 0 aromatic carbocycles. The topological polar surface area (TPSA) is 3.24 Å². The van der Waals surface area contributed by atoms with Gasteiger partial charge in [0.05, 0.1) is 0 Å². The molecular formula is C16H33N. The van der Waals surface area contributed by atoms with E-state index in [4.69, 9.17) is 0 Å². The summed E-state index contributed by atoms with van der Waals surface area (Å²) in [7, 11) is 2.30. The lowest BCUT2D eigenvalue weighted by Gasteiger charge is -2.55. The summed E-state index contributed by atoms with van der Waals surface area (Å²) in [6.07, 6.45) is 2.56. The van der Waals surface area contributed by atoms with E-state index in [2.05, 4.69) is 67.3 Å². The maximum Gasteiger partial charge on any atom is 0.0160 e. The highest BCUT2D eigenvalue weighted by Gasteiger charge is 2.45. The molecule has 17 heavy (non-hydrogen) atoms. The molecule has 0 amide bonds. The summed E-state index contributed by atoms with van der Waals surface area (Å²) >= 11 is 0. The van der Waals surface area contributed by atoms with Crippen molar-refractivity contribution in [3.8, 4) is 0 Å². The van der Waals surface area contributed by atoms with E-state index < -0.39 is 0 Å². The van der Waals surface area contributed by atoms with E-state index in [1.165, 1.54) is 12.8 Å². The van der Waals surface area contributed by atoms with Crippen LogP contribution >= 0.6 is 0 Å². The molecule has 2 unspecified atom stereocenters. The maximum absolute atomic E-state index is 2.60. The molecular weight excluding hydrogens is 206 g/mol. The number of likely N-dealkylation sites (tertiary alicyclic amines) is 1. The zero-order valence-corrected chi connectivity index (χ0v) is 13.5. The van der Waals surface area contributed by atoms with Crippen LogP contribution in [0.25, 0.3) is 0 Å². The molecule has 0 spiro atoms. The first-order chi connectivity index (χ1) is 7.40. The average molecular weight is 239 g/mol. The standard InChI is InChI=1S/C16H33N/c1-12-10-15(5,6)17(9)16(7,8)11-14(3,4)13(12)2/h12-13H,10-11H2,1-9H3. The molecule has 0 bridgehead atoms. The van der Waals surface area contributed by atoms with E-state index in [-0.39, 0.29) is 5.54 Å². The maximum atomic E-state index is 2.60. The molecule has 1 heteroatoms. The van der Waals surface area contributed by atoms with Crippen molar-refractivity contribution in [1.29, 1.82) is 0 Å². The fourth-order valence-corrected chi connectivity index (χ4v) is 4.09. The molecule has 0 aromatic rings. The fourth-order valence-electron chi connectivity index (χ4n) is 4.09. The van der Waals surface area contributed by atoms with Gasteiger partial charge in [0.25, 0.3) is 0 Å². The van der Waals surface area contributed by atoms with Gasteiger partial charge in [0.2, 0.25) is 0 Å². The first kappa shape index (κ1) is 15.0. The van der Waals surface area contributed by atoms with E-state index >= 15 is 0 Å². The fraction of sp³-hybridized carbons (Fsp3) is 1.00. The van der Waals surface area contributed by atoms with Gasteiger partial charge in [0, 0.05) is 11.1 Å². The van der Waals surface area contributed by atoms with Crippen molar-refractivity contribution in [3.63, 3.8) is 0 Å². The summed E-state index contributed by atoms with van der Waals surface area (Å²) < 4.78 is 0. The molecule has 1 rings (SSSR count). The van der Waals surface area contributed by atoms with Crippen molar-refractivity contribution in [2.24, 2.45) is 17.3 Å². The van der Waals surface area contributed by atoms with Crippen molar-refractivity contribution in [1.82, 2.24) is 4.90 Å². The molecule has 102 valence electrons. The summed E-state index contributed by atoms with van der Waals surface area (Å²) in [5, 5.41) is 0. The van der Waals surface area contributed by atoms with E-state index in [0.717, 1.165) is 11.8 Å². The Kier molecular flexibility index (Phi) is 3.76. The highest BCUT2D eigenvalue weighted by Crippen LogP contribution is 2.47. The first-order valence-corrected chi connectivity index (χ1v) is 7.14. The largest absolute Gasteiger partial charge is 0.296 e. The summed E-state index contributed by atoms with van der Waals surface area (Å²) in [5.41, 5.74) is 1.00. The van der Waals surface area contributed by atoms with Gasteiger partial charge in [-0.05, 0) is 64.8 Å². The summed E-state index contributed by atoms with van der Waals surface area (Å²) in [6, 6.07) is 0. The molecule has 2 atom stereocenters. The quantitative estimate of drug-likeness (QED) is 0.598. The number of rotatable bonds is 0. The molecule has 1 aliphatic rings. The van der Waals surface area contributed by atoms with Crippen molar-refractivity contribution in [2.45, 2.75) is 79.3 Å². The lowest BCUT2D eigenvalue weighted by Crippen LogP contribution is -2.58. The van der Waals surface area contributed by atoms with Crippen molar-refractivity contribution >= 4 is 0 Å². The van der Waals surface area contributed by atoms with Gasteiger partial charge >= 0.3 is 0 Å². The zero-order chi connectivity index (χ0) is 13.6. The average Bonchev–Trinajstić information content (AvgIpc) is 2.11. The molecule has 1 nitrogen and oxygen atoms in total. The second-order valence-corrected chi connectivity index (χ2v) is 8.32. The monoisotopic (exact) mass is 239 g/mol. The van der Waals surface area contributed by atoms with Crippen LogP contribution in [0.5, 0.6) is 0 Å². The van der Waals surface area contributed by atoms with Crippen LogP contribution < -0.4 is 0 Å². The predicted octanol–water partition coefficient (Wildman–Crippen LogP) is 4.57. The van der Waals surface area contributed by atoms with E-state index in [9.17, 15) is 0 Å². The van der Waals surface area contributed by atoms with Gasteiger partial charge in [-0.3, -0.25) is 4.90 Å². The molecule has 1 heterocycles. The van der Waals surface area contributed by atoms with Crippen LogP contribution in [0.2, 0.25) is 0 Å². The Morgan fingerprint density at radius 2 is 1.35 bits per heavy atom. The summed E-state index contributed by atoms with van der Waals surface area (Å²) in [5.74, 6) is 1.58. The van der Waals surface area contributed by atoms with Crippen molar-refractivity contribution < 1.29 is 0 Å². The van der Waals surface area contributed by atoms with Gasteiger partial charge in [0.1, 0.15) is 0 Å². The molecule has 1 saturated heterocycles. The van der Waals surface area contributed by atoms with E-state index in [0.29, 0.717) is 11.0 Å². The predicted molar refractivity (Wildman–Crippen MR) is 77.3 cm³/mol. The smallest absolute Gasteiger partial charge is 0.0160 e. The highest BCUT2D eigenvalue weighted by molar-refractivity contribution is 4.99. The van der Waals surface area contributed by atoms with Gasteiger partial charge in [-0.25, -0.2) is 0 Å². The lowest BCUT2D eigenvalue weighted by atomic mass is 9.63. The second kappa shape index (κ2) is 4.26. The normalized spacial score (nSPS) is 37.2. The van der Waals surface area contributed by atoms with Gasteiger partial charge in [-0.1, -0.05) is 27.7 Å². The number of hydrogen-bond acceptors (Lipinski definition) is 1. The Hall–Kier alpha value is -0.0400. The molecule has 0 aromatic heterocycles. The Morgan fingerprint density at radius 3 is 1.82 bits per heavy atom. The van der Waals surface area contributed by atoms with E-state index in [1.54, 1.807) is 0 Å². The van der Waals surface area contributed by atoms with Gasteiger partial charge in [-0.15, -0.1) is 0 Å². The minimum Gasteiger partial charge on any atom is -0.296 e. The molecule has 0 radical (unpaired) electrons. The Labute approximate surface area is 109 Å². The van der Waals surface area contributed by atoms with Gasteiger partial charge in [-0.2, -0.15) is 0 Å². The third-order valence-corrected chi connectivity index (χ3v) is 5.61. The Bertz CT molecular complexity index is 273. The van der Waals surface area contributed by atoms with Crippen LogP contribution in [-0.2, 0) is 0 Å². The van der Waals surface area contributed by atoms with Crippen LogP contribution in [0, 0.1) is 17.3 Å². The minimum atomic E-state index is 0.279. The van der Waals surface area contributed by atoms with Gasteiger partial charge in [0.15, 0.2) is 0 Å². The van der Waals surface area contributed by atoms with Crippen LogP contribution in [0.3, 0.4) is 0 Å². The first-order valence-electron chi connectivity index (χ1n) is 7.14. The lowest BCUT2D eigenvalue weighted by molar-refractivity contribution is -0.0467.